The van der Waals surface area contributed by atoms with Crippen molar-refractivity contribution in [3.63, 3.8) is 0 Å². The fourth-order valence-corrected chi connectivity index (χ4v) is 0.169. The smallest absolute Gasteiger partial charge is 0.0980 e. The Labute approximate surface area is 47.1 Å². The highest BCUT2D eigenvalue weighted by Crippen LogP contribution is 1.59. The SMILES string of the molecule is [2H]BCC#CC#CC. The molecule has 0 aromatic rings. The maximum atomic E-state index is 6.69. The summed E-state index contributed by atoms with van der Waals surface area (Å²) in [5.74, 6) is 10.6. The van der Waals surface area contributed by atoms with Gasteiger partial charge in [0, 0.05) is 0 Å². The highest BCUT2D eigenvalue weighted by molar-refractivity contribution is 6.10. The van der Waals surface area contributed by atoms with Gasteiger partial charge in [0.15, 0.2) is 0 Å². The highest BCUT2D eigenvalue weighted by Gasteiger charge is 1.54. The zero-order valence-corrected chi connectivity index (χ0v) is 4.41. The molecule has 0 bridgehead atoms. The van der Waals surface area contributed by atoms with E-state index in [1.54, 1.807) is 6.92 Å². The fraction of sp³-hybridized carbons (Fsp3) is 0.333. The molecule has 0 saturated heterocycles. The molecule has 0 N–H and O–H groups in total. The second kappa shape index (κ2) is 5.18. The minimum Gasteiger partial charge on any atom is -0.0980 e. The van der Waals surface area contributed by atoms with Crippen molar-refractivity contribution < 1.29 is 0 Å². The van der Waals surface area contributed by atoms with Crippen molar-refractivity contribution in [3.8, 4) is 23.7 Å². The van der Waals surface area contributed by atoms with E-state index in [4.69, 9.17) is 1.34 Å². The van der Waals surface area contributed by atoms with Crippen LogP contribution in [0.2, 0.25) is 6.32 Å². The monoisotopic (exact) mass is 91.1 g/mol. The van der Waals surface area contributed by atoms with E-state index < -0.39 is 0 Å². The first-order valence-corrected chi connectivity index (χ1v) is 2.10. The summed E-state index contributed by atoms with van der Waals surface area (Å²) in [6.45, 7) is 1.75. The zero-order chi connectivity index (χ0) is 6.24. The van der Waals surface area contributed by atoms with Crippen molar-refractivity contribution in [1.29, 1.82) is 1.34 Å². The molecule has 0 unspecified atom stereocenters. The van der Waals surface area contributed by atoms with Crippen molar-refractivity contribution in [2.45, 2.75) is 13.2 Å². The van der Waals surface area contributed by atoms with E-state index in [1.165, 1.54) is 0 Å². The molecule has 0 aromatic heterocycles. The van der Waals surface area contributed by atoms with Crippen molar-refractivity contribution in [2.24, 2.45) is 0 Å². The number of hydrogen-bond donors (Lipinski definition) is 0. The lowest BCUT2D eigenvalue weighted by atomic mass is 10.1. The van der Waals surface area contributed by atoms with Crippen LogP contribution in [0.15, 0.2) is 0 Å². The molecular weight excluding hydrogens is 82.9 g/mol. The molecule has 0 fully saturated rings. The van der Waals surface area contributed by atoms with Gasteiger partial charge in [-0.25, -0.2) is 0 Å². The maximum Gasteiger partial charge on any atom is 0.116 e. The molecule has 0 spiro atoms. The molecule has 0 aromatic carbocycles. The van der Waals surface area contributed by atoms with Crippen LogP contribution in [0.5, 0.6) is 0 Å². The van der Waals surface area contributed by atoms with Crippen LogP contribution in [-0.2, 0) is 0 Å². The summed E-state index contributed by atoms with van der Waals surface area (Å²) in [6, 6.07) is 0. The van der Waals surface area contributed by atoms with Gasteiger partial charge in [0.1, 0.15) is 7.81 Å². The second-order valence-corrected chi connectivity index (χ2v) is 0.927. The van der Waals surface area contributed by atoms with E-state index in [-0.39, 0.29) is 0 Å². The lowest BCUT2D eigenvalue weighted by Gasteiger charge is -1.58. The van der Waals surface area contributed by atoms with E-state index in [1.807, 2.05) is 0 Å². The average Bonchev–Trinajstić information content (AvgIpc) is 1.81. The third kappa shape index (κ3) is 5.18. The Morgan fingerprint density at radius 1 is 1.71 bits per heavy atom. The van der Waals surface area contributed by atoms with E-state index in [2.05, 4.69) is 23.7 Å². The molecule has 34 valence electrons. The lowest BCUT2D eigenvalue weighted by Crippen LogP contribution is -1.55. The van der Waals surface area contributed by atoms with Gasteiger partial charge in [0.25, 0.3) is 0 Å². The molecule has 0 saturated carbocycles. The number of rotatable bonds is 1. The molecule has 0 aliphatic carbocycles. The van der Waals surface area contributed by atoms with Crippen LogP contribution in [0.3, 0.4) is 0 Å². The van der Waals surface area contributed by atoms with Gasteiger partial charge in [-0.05, 0) is 26.4 Å². The van der Waals surface area contributed by atoms with E-state index in [0.29, 0.717) is 14.1 Å². The average molecular weight is 90.9 g/mol. The van der Waals surface area contributed by atoms with E-state index in [9.17, 15) is 0 Å². The number of hydrogen-bond acceptors (Lipinski definition) is 0. The Morgan fingerprint density at radius 3 is 3.14 bits per heavy atom. The summed E-state index contributed by atoms with van der Waals surface area (Å²) in [5.41, 5.74) is 0. The molecule has 0 heterocycles. The Morgan fingerprint density at radius 2 is 2.57 bits per heavy atom. The summed E-state index contributed by atoms with van der Waals surface area (Å²) in [5, 5.41) is 0. The summed E-state index contributed by atoms with van der Waals surface area (Å²) < 4.78 is 6.69. The largest absolute Gasteiger partial charge is 0.116 e. The van der Waals surface area contributed by atoms with Crippen LogP contribution in [0.1, 0.15) is 6.92 Å². The molecule has 7 heavy (non-hydrogen) atoms. The van der Waals surface area contributed by atoms with Crippen LogP contribution in [0, 0.1) is 23.7 Å². The second-order valence-electron chi connectivity index (χ2n) is 0.927. The Bertz CT molecular complexity index is 153. The van der Waals surface area contributed by atoms with Gasteiger partial charge < -0.3 is 0 Å². The van der Waals surface area contributed by atoms with Gasteiger partial charge in [0.2, 0.25) is 0 Å². The quantitative estimate of drug-likeness (QED) is 0.316. The third-order valence-electron chi connectivity index (χ3n) is 0.401. The topological polar surface area (TPSA) is 0 Å². The lowest BCUT2D eigenvalue weighted by molar-refractivity contribution is 1.87. The van der Waals surface area contributed by atoms with Crippen molar-refractivity contribution in [1.82, 2.24) is 0 Å². The van der Waals surface area contributed by atoms with E-state index in [0.717, 1.165) is 0 Å². The van der Waals surface area contributed by atoms with Crippen LogP contribution in [-0.4, -0.2) is 9.15 Å². The van der Waals surface area contributed by atoms with Crippen LogP contribution < -0.4 is 0 Å². The van der Waals surface area contributed by atoms with Gasteiger partial charge >= 0.3 is 0 Å². The Hall–Kier alpha value is -0.815. The molecule has 0 rings (SSSR count). The molecule has 0 nitrogen and oxygen atoms in total. The maximum absolute atomic E-state index is 6.69. The summed E-state index contributed by atoms with van der Waals surface area (Å²) in [4.78, 5) is 0. The molecule has 0 aliphatic heterocycles. The first-order chi connectivity index (χ1) is 3.91. The van der Waals surface area contributed by atoms with Crippen LogP contribution in [0.25, 0.3) is 0 Å². The van der Waals surface area contributed by atoms with Gasteiger partial charge in [-0.1, -0.05) is 11.8 Å². The first-order valence-electron chi connectivity index (χ1n) is 2.81. The standard InChI is InChI=1S/C6H7B/c1-2-3-4-5-6-7/h6-7H2,1H3/i7D. The molecular formula is C6H7B. The molecule has 0 aliphatic rings. The molecule has 1 heteroatoms. The Balaban J connectivity index is 3.31. The van der Waals surface area contributed by atoms with Gasteiger partial charge in [-0.2, -0.15) is 0 Å². The minimum atomic E-state index is 0.373. The van der Waals surface area contributed by atoms with E-state index >= 15 is 0 Å². The third-order valence-corrected chi connectivity index (χ3v) is 0.401. The van der Waals surface area contributed by atoms with Crippen molar-refractivity contribution in [3.05, 3.63) is 0 Å². The summed E-state index contributed by atoms with van der Waals surface area (Å²) in [6.07, 6.45) is 0.634. The van der Waals surface area contributed by atoms with Crippen molar-refractivity contribution in [2.75, 3.05) is 0 Å². The predicted molar refractivity (Wildman–Crippen MR) is 34.6 cm³/mol. The van der Waals surface area contributed by atoms with Gasteiger partial charge in [0.05, 0.1) is 0 Å². The molecule has 0 amide bonds. The molecule has 0 radical (unpaired) electrons. The van der Waals surface area contributed by atoms with Gasteiger partial charge in [-0.15, -0.1) is 0 Å². The minimum absolute atomic E-state index is 0.373. The van der Waals surface area contributed by atoms with Crippen LogP contribution in [0.4, 0.5) is 0 Å². The zero-order valence-electron chi connectivity index (χ0n) is 5.41. The first kappa shape index (κ1) is 4.35. The summed E-state index contributed by atoms with van der Waals surface area (Å²) >= 11 is 0. The Kier molecular flexibility index (Phi) is 3.22. The fourth-order valence-electron chi connectivity index (χ4n) is 0.169. The highest BCUT2D eigenvalue weighted by atomic mass is 13.5. The van der Waals surface area contributed by atoms with Crippen LogP contribution >= 0.6 is 0 Å². The van der Waals surface area contributed by atoms with Gasteiger partial charge in [-0.3, -0.25) is 0 Å². The predicted octanol–water partition coefficient (Wildman–Crippen LogP) is 0.0645. The summed E-state index contributed by atoms with van der Waals surface area (Å²) in [7, 11) is 0.373. The molecule has 0 atom stereocenters. The normalized spacial score (nSPS) is 6.14. The van der Waals surface area contributed by atoms with Crippen molar-refractivity contribution >= 4 is 7.81 Å².